The van der Waals surface area contributed by atoms with Gasteiger partial charge in [0.2, 0.25) is 0 Å². The third-order valence-electron chi connectivity index (χ3n) is 2.47. The second kappa shape index (κ2) is 7.69. The van der Waals surface area contributed by atoms with Gasteiger partial charge in [0, 0.05) is 23.2 Å². The van der Waals surface area contributed by atoms with E-state index >= 15 is 0 Å². The second-order valence-electron chi connectivity index (χ2n) is 3.91. The summed E-state index contributed by atoms with van der Waals surface area (Å²) in [5.41, 5.74) is 1.15. The van der Waals surface area contributed by atoms with Gasteiger partial charge >= 0.3 is 0 Å². The lowest BCUT2D eigenvalue weighted by molar-refractivity contribution is 0.0500. The molecule has 0 aliphatic carbocycles. The number of rotatable bonds is 7. The Balaban J connectivity index is 2.80. The normalized spacial score (nSPS) is 12.5. The van der Waals surface area contributed by atoms with Gasteiger partial charge < -0.3 is 14.8 Å². The Labute approximate surface area is 112 Å². The van der Waals surface area contributed by atoms with Gasteiger partial charge in [0.15, 0.2) is 6.79 Å². The van der Waals surface area contributed by atoms with E-state index in [4.69, 9.17) is 9.47 Å². The summed E-state index contributed by atoms with van der Waals surface area (Å²) in [6, 6.07) is 6.34. The van der Waals surface area contributed by atoms with Crippen LogP contribution in [0.15, 0.2) is 22.7 Å². The molecule has 17 heavy (non-hydrogen) atoms. The summed E-state index contributed by atoms with van der Waals surface area (Å²) >= 11 is 3.45. The third kappa shape index (κ3) is 4.66. The zero-order valence-electron chi connectivity index (χ0n) is 10.6. The van der Waals surface area contributed by atoms with Crippen LogP contribution in [-0.2, 0) is 4.74 Å². The zero-order chi connectivity index (χ0) is 12.7. The van der Waals surface area contributed by atoms with Crippen LogP contribution in [0.4, 0.5) is 0 Å². The van der Waals surface area contributed by atoms with Crippen LogP contribution in [-0.4, -0.2) is 20.4 Å². The molecule has 0 bridgehead atoms. The average molecular weight is 302 g/mol. The minimum Gasteiger partial charge on any atom is -0.467 e. The molecule has 1 N–H and O–H groups in total. The van der Waals surface area contributed by atoms with Crippen LogP contribution in [0.5, 0.6) is 5.75 Å². The number of benzene rings is 1. The Hall–Kier alpha value is -0.580. The molecule has 0 fully saturated rings. The van der Waals surface area contributed by atoms with Crippen molar-refractivity contribution in [1.82, 2.24) is 5.32 Å². The van der Waals surface area contributed by atoms with Crippen LogP contribution in [0.25, 0.3) is 0 Å². The molecule has 0 spiro atoms. The van der Waals surface area contributed by atoms with E-state index in [9.17, 15) is 0 Å². The molecule has 0 heterocycles. The molecule has 0 saturated heterocycles. The maximum absolute atomic E-state index is 5.58. The molecule has 1 rings (SSSR count). The molecule has 1 aromatic rings. The van der Waals surface area contributed by atoms with Crippen molar-refractivity contribution in [1.29, 1.82) is 0 Å². The maximum Gasteiger partial charge on any atom is 0.188 e. The Morgan fingerprint density at radius 2 is 2.18 bits per heavy atom. The van der Waals surface area contributed by atoms with Gasteiger partial charge in [0.05, 0.1) is 0 Å². The molecule has 0 aromatic heterocycles. The first-order chi connectivity index (χ1) is 8.19. The molecular weight excluding hydrogens is 282 g/mol. The number of methoxy groups -OCH3 is 1. The zero-order valence-corrected chi connectivity index (χ0v) is 12.2. The highest BCUT2D eigenvalue weighted by Crippen LogP contribution is 2.28. The Bertz CT molecular complexity index is 344. The fraction of sp³-hybridized carbons (Fsp3) is 0.538. The Kier molecular flexibility index (Phi) is 6.55. The van der Waals surface area contributed by atoms with Crippen LogP contribution in [0.3, 0.4) is 0 Å². The van der Waals surface area contributed by atoms with Crippen molar-refractivity contribution in [2.24, 2.45) is 0 Å². The van der Waals surface area contributed by atoms with Crippen molar-refractivity contribution in [3.63, 3.8) is 0 Å². The van der Waals surface area contributed by atoms with Gasteiger partial charge in [0.1, 0.15) is 5.75 Å². The summed E-state index contributed by atoms with van der Waals surface area (Å²) in [6.07, 6.45) is 1.12. The summed E-state index contributed by atoms with van der Waals surface area (Å²) in [6.45, 7) is 5.56. The highest BCUT2D eigenvalue weighted by molar-refractivity contribution is 9.10. The summed E-state index contributed by atoms with van der Waals surface area (Å²) in [5, 5.41) is 3.45. The molecule has 0 saturated carbocycles. The Morgan fingerprint density at radius 1 is 1.41 bits per heavy atom. The van der Waals surface area contributed by atoms with E-state index in [-0.39, 0.29) is 12.8 Å². The molecule has 3 nitrogen and oxygen atoms in total. The highest BCUT2D eigenvalue weighted by Gasteiger charge is 2.11. The average Bonchev–Trinajstić information content (AvgIpc) is 2.33. The topological polar surface area (TPSA) is 30.5 Å². The summed E-state index contributed by atoms with van der Waals surface area (Å²) < 4.78 is 11.5. The molecule has 1 atom stereocenters. The minimum absolute atomic E-state index is 0.268. The quantitative estimate of drug-likeness (QED) is 0.782. The van der Waals surface area contributed by atoms with E-state index in [0.717, 1.165) is 28.8 Å². The van der Waals surface area contributed by atoms with Crippen molar-refractivity contribution >= 4 is 15.9 Å². The van der Waals surface area contributed by atoms with Gasteiger partial charge in [-0.1, -0.05) is 28.9 Å². The molecule has 0 aliphatic rings. The van der Waals surface area contributed by atoms with E-state index < -0.39 is 0 Å². The first-order valence-electron chi connectivity index (χ1n) is 5.83. The van der Waals surface area contributed by atoms with Gasteiger partial charge in [-0.05, 0) is 32.0 Å². The highest BCUT2D eigenvalue weighted by atomic mass is 79.9. The lowest BCUT2D eigenvalue weighted by Crippen LogP contribution is -2.20. The number of ether oxygens (including phenoxy) is 2. The predicted molar refractivity (Wildman–Crippen MR) is 73.4 cm³/mol. The fourth-order valence-corrected chi connectivity index (χ4v) is 1.92. The second-order valence-corrected chi connectivity index (χ2v) is 4.82. The van der Waals surface area contributed by atoms with E-state index in [1.165, 1.54) is 0 Å². The fourth-order valence-electron chi connectivity index (χ4n) is 1.58. The number of hydrogen-bond acceptors (Lipinski definition) is 3. The summed E-state index contributed by atoms with van der Waals surface area (Å²) in [7, 11) is 1.62. The van der Waals surface area contributed by atoms with Crippen LogP contribution in [0.1, 0.15) is 31.9 Å². The van der Waals surface area contributed by atoms with Gasteiger partial charge in [0.25, 0.3) is 0 Å². The van der Waals surface area contributed by atoms with Gasteiger partial charge in [-0.25, -0.2) is 0 Å². The summed E-state index contributed by atoms with van der Waals surface area (Å²) in [5.74, 6) is 0.859. The SMILES string of the molecule is CCCNC(C)c1ccc(Br)cc1OCOC. The van der Waals surface area contributed by atoms with Crippen molar-refractivity contribution in [3.8, 4) is 5.75 Å². The molecular formula is C13H20BrNO2. The van der Waals surface area contributed by atoms with E-state index in [2.05, 4.69) is 41.2 Å². The van der Waals surface area contributed by atoms with Crippen molar-refractivity contribution in [2.75, 3.05) is 20.4 Å². The van der Waals surface area contributed by atoms with E-state index in [0.29, 0.717) is 0 Å². The van der Waals surface area contributed by atoms with E-state index in [1.807, 2.05) is 12.1 Å². The standard InChI is InChI=1S/C13H20BrNO2/c1-4-7-15-10(2)12-6-5-11(14)8-13(12)17-9-16-3/h5-6,8,10,15H,4,7,9H2,1-3H3. The van der Waals surface area contributed by atoms with Crippen LogP contribution < -0.4 is 10.1 Å². The first kappa shape index (κ1) is 14.5. The third-order valence-corrected chi connectivity index (χ3v) is 2.97. The van der Waals surface area contributed by atoms with E-state index in [1.54, 1.807) is 7.11 Å². The van der Waals surface area contributed by atoms with Gasteiger partial charge in [-0.3, -0.25) is 0 Å². The van der Waals surface area contributed by atoms with Crippen LogP contribution in [0.2, 0.25) is 0 Å². The predicted octanol–water partition coefficient (Wildman–Crippen LogP) is 3.49. The number of halogens is 1. The van der Waals surface area contributed by atoms with Crippen molar-refractivity contribution in [3.05, 3.63) is 28.2 Å². The monoisotopic (exact) mass is 301 g/mol. The lowest BCUT2D eigenvalue weighted by Gasteiger charge is -2.18. The first-order valence-corrected chi connectivity index (χ1v) is 6.63. The molecule has 4 heteroatoms. The van der Waals surface area contributed by atoms with Crippen LogP contribution >= 0.6 is 15.9 Å². The van der Waals surface area contributed by atoms with Gasteiger partial charge in [-0.15, -0.1) is 0 Å². The molecule has 1 aromatic carbocycles. The molecule has 0 amide bonds. The molecule has 96 valence electrons. The lowest BCUT2D eigenvalue weighted by atomic mass is 10.1. The van der Waals surface area contributed by atoms with Crippen LogP contribution in [0, 0.1) is 0 Å². The largest absolute Gasteiger partial charge is 0.467 e. The minimum atomic E-state index is 0.268. The maximum atomic E-state index is 5.58. The molecule has 0 radical (unpaired) electrons. The Morgan fingerprint density at radius 3 is 2.82 bits per heavy atom. The van der Waals surface area contributed by atoms with Crippen molar-refractivity contribution in [2.45, 2.75) is 26.3 Å². The summed E-state index contributed by atoms with van der Waals surface area (Å²) in [4.78, 5) is 0. The number of nitrogens with one attached hydrogen (secondary N) is 1. The molecule has 0 aliphatic heterocycles. The smallest absolute Gasteiger partial charge is 0.188 e. The van der Waals surface area contributed by atoms with Crippen molar-refractivity contribution < 1.29 is 9.47 Å². The number of hydrogen-bond donors (Lipinski definition) is 1. The molecule has 1 unspecified atom stereocenters. The van der Waals surface area contributed by atoms with Gasteiger partial charge in [-0.2, -0.15) is 0 Å².